The summed E-state index contributed by atoms with van der Waals surface area (Å²) in [5.41, 5.74) is 0.499. The van der Waals surface area contributed by atoms with E-state index in [9.17, 15) is 14.7 Å². The van der Waals surface area contributed by atoms with Crippen LogP contribution in [-0.4, -0.2) is 47.7 Å². The molecule has 2 fully saturated rings. The van der Waals surface area contributed by atoms with Crippen molar-refractivity contribution >= 4 is 11.9 Å². The van der Waals surface area contributed by atoms with Gasteiger partial charge in [-0.15, -0.1) is 0 Å². The third-order valence-corrected chi connectivity index (χ3v) is 5.50. The van der Waals surface area contributed by atoms with E-state index in [4.69, 9.17) is 9.47 Å². The Kier molecular flexibility index (Phi) is 5.69. The lowest BCUT2D eigenvalue weighted by Gasteiger charge is -2.36. The number of carboxylic acid groups (broad SMARTS) is 1. The minimum atomic E-state index is -0.840. The Balaban J connectivity index is 1.77. The van der Waals surface area contributed by atoms with Crippen molar-refractivity contribution in [1.82, 2.24) is 4.90 Å². The Labute approximate surface area is 154 Å². The van der Waals surface area contributed by atoms with Gasteiger partial charge in [-0.25, -0.2) is 0 Å². The van der Waals surface area contributed by atoms with Gasteiger partial charge in [0, 0.05) is 18.2 Å². The molecule has 1 heterocycles. The highest BCUT2D eigenvalue weighted by molar-refractivity contribution is 5.95. The molecule has 1 amide bonds. The first kappa shape index (κ1) is 18.5. The van der Waals surface area contributed by atoms with E-state index in [0.717, 1.165) is 12.8 Å². The molecule has 1 N–H and O–H groups in total. The summed E-state index contributed by atoms with van der Waals surface area (Å²) in [4.78, 5) is 25.9. The summed E-state index contributed by atoms with van der Waals surface area (Å²) in [5, 5.41) is 9.27. The van der Waals surface area contributed by atoms with Crippen molar-refractivity contribution in [3.8, 4) is 11.5 Å². The van der Waals surface area contributed by atoms with Crippen molar-refractivity contribution in [2.75, 3.05) is 13.7 Å². The van der Waals surface area contributed by atoms with Gasteiger partial charge in [0.1, 0.15) is 0 Å². The van der Waals surface area contributed by atoms with E-state index in [1.54, 1.807) is 30.2 Å². The fraction of sp³-hybridized carbons (Fsp3) is 0.600. The summed E-state index contributed by atoms with van der Waals surface area (Å²) >= 11 is 0. The summed E-state index contributed by atoms with van der Waals surface area (Å²) < 4.78 is 11.4. The Morgan fingerprint density at radius 1 is 1.12 bits per heavy atom. The lowest BCUT2D eigenvalue weighted by molar-refractivity contribution is -0.143. The summed E-state index contributed by atoms with van der Waals surface area (Å²) in [6, 6.07) is 5.25. The van der Waals surface area contributed by atoms with Crippen molar-refractivity contribution in [1.29, 1.82) is 0 Å². The predicted molar refractivity (Wildman–Crippen MR) is 96.7 cm³/mol. The molecule has 26 heavy (non-hydrogen) atoms. The van der Waals surface area contributed by atoms with Crippen LogP contribution in [0.4, 0.5) is 0 Å². The van der Waals surface area contributed by atoms with Crippen molar-refractivity contribution in [2.45, 2.75) is 57.6 Å². The molecular formula is C20H27NO5. The first-order valence-electron chi connectivity index (χ1n) is 9.38. The van der Waals surface area contributed by atoms with E-state index in [2.05, 4.69) is 0 Å². The van der Waals surface area contributed by atoms with Crippen LogP contribution in [0, 0.1) is 5.92 Å². The zero-order valence-corrected chi connectivity index (χ0v) is 15.4. The molecule has 3 rings (SSSR count). The number of rotatable bonds is 5. The van der Waals surface area contributed by atoms with Gasteiger partial charge >= 0.3 is 5.97 Å². The third kappa shape index (κ3) is 3.94. The zero-order chi connectivity index (χ0) is 18.7. The van der Waals surface area contributed by atoms with Crippen LogP contribution in [0.3, 0.4) is 0 Å². The number of likely N-dealkylation sites (tertiary alicyclic amines) is 1. The highest BCUT2D eigenvalue weighted by atomic mass is 16.5. The SMILES string of the molecule is COc1cc(C(=O)N2CC(C(=O)O)CCC2C)ccc1OC1CCCC1. The minimum absolute atomic E-state index is 0.0264. The number of carbonyl (C=O) groups is 2. The number of benzene rings is 1. The van der Waals surface area contributed by atoms with Crippen molar-refractivity contribution in [3.05, 3.63) is 23.8 Å². The standard InChI is InChI=1S/C20H27NO5/c1-13-7-8-15(20(23)24)12-21(13)19(22)14-9-10-17(18(11-14)25-2)26-16-5-3-4-6-16/h9-11,13,15-16H,3-8,12H2,1-2H3,(H,23,24). The molecule has 6 heteroatoms. The number of nitrogens with zero attached hydrogens (tertiary/aromatic N) is 1. The molecule has 0 spiro atoms. The molecule has 6 nitrogen and oxygen atoms in total. The summed E-state index contributed by atoms with van der Waals surface area (Å²) in [5.74, 6) is -0.294. The Hall–Kier alpha value is -2.24. The number of hydrogen-bond donors (Lipinski definition) is 1. The second kappa shape index (κ2) is 7.98. The number of carbonyl (C=O) groups excluding carboxylic acids is 1. The first-order valence-corrected chi connectivity index (χ1v) is 9.38. The molecule has 0 radical (unpaired) electrons. The van der Waals surface area contributed by atoms with E-state index in [-0.39, 0.29) is 24.6 Å². The number of aliphatic carboxylic acids is 1. The molecule has 1 aromatic carbocycles. The van der Waals surface area contributed by atoms with Crippen LogP contribution in [0.25, 0.3) is 0 Å². The highest BCUT2D eigenvalue weighted by Crippen LogP contribution is 2.33. The molecule has 1 aromatic rings. The number of amides is 1. The quantitative estimate of drug-likeness (QED) is 0.870. The van der Waals surface area contributed by atoms with E-state index in [1.165, 1.54) is 12.8 Å². The number of hydrogen-bond acceptors (Lipinski definition) is 4. The first-order chi connectivity index (χ1) is 12.5. The molecule has 1 aliphatic heterocycles. The second-order valence-corrected chi connectivity index (χ2v) is 7.31. The van der Waals surface area contributed by atoms with Gasteiger partial charge in [0.15, 0.2) is 11.5 Å². The van der Waals surface area contributed by atoms with Crippen molar-refractivity contribution < 1.29 is 24.2 Å². The van der Waals surface area contributed by atoms with Gasteiger partial charge in [-0.05, 0) is 63.6 Å². The van der Waals surface area contributed by atoms with E-state index < -0.39 is 11.9 Å². The fourth-order valence-corrected chi connectivity index (χ4v) is 3.84. The van der Waals surface area contributed by atoms with E-state index >= 15 is 0 Å². The third-order valence-electron chi connectivity index (χ3n) is 5.50. The maximum absolute atomic E-state index is 12.9. The lowest BCUT2D eigenvalue weighted by atomic mass is 9.93. The van der Waals surface area contributed by atoms with Gasteiger partial charge in [-0.2, -0.15) is 0 Å². The number of ether oxygens (including phenoxy) is 2. The normalized spacial score (nSPS) is 23.7. The summed E-state index contributed by atoms with van der Waals surface area (Å²) in [6.07, 6.45) is 5.98. The van der Waals surface area contributed by atoms with Crippen LogP contribution in [0.15, 0.2) is 18.2 Å². The maximum atomic E-state index is 12.9. The number of piperidine rings is 1. The second-order valence-electron chi connectivity index (χ2n) is 7.31. The lowest BCUT2D eigenvalue weighted by Crippen LogP contribution is -2.47. The summed E-state index contributed by atoms with van der Waals surface area (Å²) in [7, 11) is 1.56. The van der Waals surface area contributed by atoms with Crippen LogP contribution in [0.5, 0.6) is 11.5 Å². The molecule has 1 saturated heterocycles. The Bertz CT molecular complexity index is 668. The number of methoxy groups -OCH3 is 1. The van der Waals surface area contributed by atoms with Gasteiger partial charge in [-0.3, -0.25) is 9.59 Å². The molecule has 2 atom stereocenters. The van der Waals surface area contributed by atoms with Crippen LogP contribution >= 0.6 is 0 Å². The van der Waals surface area contributed by atoms with Crippen LogP contribution < -0.4 is 9.47 Å². The van der Waals surface area contributed by atoms with Crippen molar-refractivity contribution in [2.24, 2.45) is 5.92 Å². The maximum Gasteiger partial charge on any atom is 0.308 e. The van der Waals surface area contributed by atoms with Crippen LogP contribution in [0.1, 0.15) is 55.8 Å². The monoisotopic (exact) mass is 361 g/mol. The molecule has 0 aromatic heterocycles. The molecule has 1 saturated carbocycles. The van der Waals surface area contributed by atoms with Crippen LogP contribution in [0.2, 0.25) is 0 Å². The average molecular weight is 361 g/mol. The molecular weight excluding hydrogens is 334 g/mol. The van der Waals surface area contributed by atoms with Gasteiger partial charge in [-0.1, -0.05) is 0 Å². The predicted octanol–water partition coefficient (Wildman–Crippen LogP) is 3.34. The van der Waals surface area contributed by atoms with Gasteiger partial charge in [0.05, 0.1) is 19.1 Å². The Morgan fingerprint density at radius 2 is 1.85 bits per heavy atom. The Morgan fingerprint density at radius 3 is 2.50 bits per heavy atom. The van der Waals surface area contributed by atoms with Gasteiger partial charge in [0.25, 0.3) is 5.91 Å². The molecule has 142 valence electrons. The van der Waals surface area contributed by atoms with E-state index in [1.807, 2.05) is 6.92 Å². The molecule has 1 aliphatic carbocycles. The minimum Gasteiger partial charge on any atom is -0.493 e. The smallest absolute Gasteiger partial charge is 0.308 e. The average Bonchev–Trinajstić information content (AvgIpc) is 3.14. The largest absolute Gasteiger partial charge is 0.493 e. The molecule has 0 bridgehead atoms. The van der Waals surface area contributed by atoms with Gasteiger partial charge < -0.3 is 19.5 Å². The highest BCUT2D eigenvalue weighted by Gasteiger charge is 2.33. The fourth-order valence-electron chi connectivity index (χ4n) is 3.84. The topological polar surface area (TPSA) is 76.1 Å². The number of carboxylic acids is 1. The van der Waals surface area contributed by atoms with Gasteiger partial charge in [0.2, 0.25) is 0 Å². The van der Waals surface area contributed by atoms with E-state index in [0.29, 0.717) is 29.9 Å². The zero-order valence-electron chi connectivity index (χ0n) is 15.4. The molecule has 2 aliphatic rings. The summed E-state index contributed by atoms with van der Waals surface area (Å²) in [6.45, 7) is 2.21. The van der Waals surface area contributed by atoms with Crippen molar-refractivity contribution in [3.63, 3.8) is 0 Å². The van der Waals surface area contributed by atoms with Crippen LogP contribution in [-0.2, 0) is 4.79 Å². The molecule has 2 unspecified atom stereocenters.